The van der Waals surface area contributed by atoms with Gasteiger partial charge in [0.25, 0.3) is 0 Å². The first-order valence-corrected chi connectivity index (χ1v) is 17.1. The highest BCUT2D eigenvalue weighted by Crippen LogP contribution is 2.43. The maximum atomic E-state index is 6.65. The topological polar surface area (TPSA) is 51.8 Å². The van der Waals surface area contributed by atoms with Gasteiger partial charge in [0.05, 0.1) is 0 Å². The lowest BCUT2D eigenvalue weighted by molar-refractivity contribution is 0.673. The normalized spacial score (nSPS) is 11.5. The van der Waals surface area contributed by atoms with Gasteiger partial charge in [0.1, 0.15) is 11.2 Å². The predicted molar refractivity (Wildman–Crippen MR) is 209 cm³/mol. The first-order valence-electron chi connectivity index (χ1n) is 17.1. The molecule has 0 bridgehead atoms. The van der Waals surface area contributed by atoms with Crippen LogP contribution in [0, 0.1) is 0 Å². The van der Waals surface area contributed by atoms with E-state index in [1.165, 1.54) is 5.39 Å². The van der Waals surface area contributed by atoms with Crippen LogP contribution < -0.4 is 0 Å². The standard InChI is InChI=1S/C47H29N3O/c1-3-13-30(14-4-1)34-19-11-20-35(27-34)45-48-46(36-26-25-31-15-7-8-18-33(31)28-36)50-47(49-45)41-29-40-38-21-9-10-24-42(38)51-44(40)43-37(22-12-23-39(41)43)32-16-5-2-6-17-32/h1-29H. The Morgan fingerprint density at radius 3 is 1.76 bits per heavy atom. The van der Waals surface area contributed by atoms with Gasteiger partial charge in [-0.05, 0) is 62.7 Å². The van der Waals surface area contributed by atoms with Crippen LogP contribution in [0.5, 0.6) is 0 Å². The summed E-state index contributed by atoms with van der Waals surface area (Å²) in [6.07, 6.45) is 0. The fraction of sp³-hybridized carbons (Fsp3) is 0. The van der Waals surface area contributed by atoms with Crippen LogP contribution in [-0.4, -0.2) is 15.0 Å². The van der Waals surface area contributed by atoms with Crippen molar-refractivity contribution in [1.29, 1.82) is 0 Å². The molecule has 2 heterocycles. The van der Waals surface area contributed by atoms with Crippen molar-refractivity contribution in [2.75, 3.05) is 0 Å². The Labute approximate surface area is 294 Å². The van der Waals surface area contributed by atoms with Gasteiger partial charge in [-0.25, -0.2) is 15.0 Å². The third-order valence-electron chi connectivity index (χ3n) is 9.70. The molecule has 51 heavy (non-hydrogen) atoms. The zero-order chi connectivity index (χ0) is 33.7. The minimum Gasteiger partial charge on any atom is -0.455 e. The zero-order valence-electron chi connectivity index (χ0n) is 27.5. The average Bonchev–Trinajstić information content (AvgIpc) is 3.59. The molecule has 0 N–H and O–H groups in total. The summed E-state index contributed by atoms with van der Waals surface area (Å²) < 4.78 is 6.65. The van der Waals surface area contributed by atoms with Crippen molar-refractivity contribution in [2.24, 2.45) is 0 Å². The summed E-state index contributed by atoms with van der Waals surface area (Å²) in [7, 11) is 0. The lowest BCUT2D eigenvalue weighted by Gasteiger charge is -2.14. The summed E-state index contributed by atoms with van der Waals surface area (Å²) in [5.41, 5.74) is 8.94. The van der Waals surface area contributed by atoms with E-state index < -0.39 is 0 Å². The van der Waals surface area contributed by atoms with Crippen LogP contribution in [0.3, 0.4) is 0 Å². The summed E-state index contributed by atoms with van der Waals surface area (Å²) in [6, 6.07) is 61.0. The van der Waals surface area contributed by atoms with Gasteiger partial charge < -0.3 is 4.42 Å². The molecule has 0 saturated heterocycles. The largest absolute Gasteiger partial charge is 0.455 e. The van der Waals surface area contributed by atoms with Crippen molar-refractivity contribution in [3.05, 3.63) is 176 Å². The van der Waals surface area contributed by atoms with Crippen LogP contribution in [0.15, 0.2) is 180 Å². The first kappa shape index (κ1) is 29.0. The Bertz CT molecular complexity index is 2910. The summed E-state index contributed by atoms with van der Waals surface area (Å²) in [5, 5.41) is 6.43. The second-order valence-corrected chi connectivity index (χ2v) is 12.8. The van der Waals surface area contributed by atoms with Gasteiger partial charge in [-0.15, -0.1) is 0 Å². The molecule has 0 spiro atoms. The van der Waals surface area contributed by atoms with Gasteiger partial charge in [0, 0.05) is 32.8 Å². The molecule has 10 aromatic rings. The number of rotatable bonds is 5. The highest BCUT2D eigenvalue weighted by atomic mass is 16.3. The molecule has 0 fully saturated rings. The van der Waals surface area contributed by atoms with Crippen molar-refractivity contribution >= 4 is 43.5 Å². The van der Waals surface area contributed by atoms with Crippen molar-refractivity contribution in [1.82, 2.24) is 15.0 Å². The molecule has 2 aromatic heterocycles. The maximum Gasteiger partial charge on any atom is 0.164 e. The van der Waals surface area contributed by atoms with Gasteiger partial charge in [0.15, 0.2) is 17.5 Å². The molecule has 0 aliphatic carbocycles. The Hall–Kier alpha value is -6.91. The third kappa shape index (κ3) is 5.04. The van der Waals surface area contributed by atoms with E-state index in [-0.39, 0.29) is 0 Å². The third-order valence-corrected chi connectivity index (χ3v) is 9.70. The molecule has 0 saturated carbocycles. The molecule has 4 nitrogen and oxygen atoms in total. The Kier molecular flexibility index (Phi) is 6.78. The molecule has 4 heteroatoms. The van der Waals surface area contributed by atoms with Crippen molar-refractivity contribution in [3.63, 3.8) is 0 Å². The molecular formula is C47H29N3O. The molecular weight excluding hydrogens is 623 g/mol. The molecule has 0 unspecified atom stereocenters. The van der Waals surface area contributed by atoms with Crippen molar-refractivity contribution in [2.45, 2.75) is 0 Å². The molecule has 0 atom stereocenters. The maximum absolute atomic E-state index is 6.65. The summed E-state index contributed by atoms with van der Waals surface area (Å²) in [5.74, 6) is 1.84. The first-order chi connectivity index (χ1) is 25.3. The van der Waals surface area contributed by atoms with Crippen LogP contribution in [0.2, 0.25) is 0 Å². The van der Waals surface area contributed by atoms with E-state index in [9.17, 15) is 0 Å². The van der Waals surface area contributed by atoms with Crippen LogP contribution in [0.4, 0.5) is 0 Å². The monoisotopic (exact) mass is 651 g/mol. The van der Waals surface area contributed by atoms with Crippen LogP contribution >= 0.6 is 0 Å². The summed E-state index contributed by atoms with van der Waals surface area (Å²) in [4.78, 5) is 15.7. The van der Waals surface area contributed by atoms with E-state index in [4.69, 9.17) is 19.4 Å². The number of nitrogens with zero attached hydrogens (tertiary/aromatic N) is 3. The van der Waals surface area contributed by atoms with E-state index >= 15 is 0 Å². The minimum atomic E-state index is 0.607. The van der Waals surface area contributed by atoms with Crippen LogP contribution in [0.1, 0.15) is 0 Å². The number of fused-ring (bicyclic) bond motifs is 6. The number of para-hydroxylation sites is 1. The van der Waals surface area contributed by atoms with E-state index in [1.807, 2.05) is 24.3 Å². The van der Waals surface area contributed by atoms with Gasteiger partial charge in [-0.1, -0.05) is 152 Å². The quantitative estimate of drug-likeness (QED) is 0.186. The number of benzene rings is 8. The lowest BCUT2D eigenvalue weighted by atomic mass is 9.93. The molecule has 0 amide bonds. The Morgan fingerprint density at radius 1 is 0.333 bits per heavy atom. The van der Waals surface area contributed by atoms with Gasteiger partial charge in [-0.3, -0.25) is 0 Å². The van der Waals surface area contributed by atoms with Crippen molar-refractivity contribution < 1.29 is 4.42 Å². The molecule has 0 aliphatic rings. The Morgan fingerprint density at radius 2 is 0.941 bits per heavy atom. The summed E-state index contributed by atoms with van der Waals surface area (Å²) >= 11 is 0. The second kappa shape index (κ2) is 11.9. The minimum absolute atomic E-state index is 0.607. The average molecular weight is 652 g/mol. The SMILES string of the molecule is c1ccc(-c2cccc(-c3nc(-c4ccc5ccccc5c4)nc(-c4cc5c6ccccc6oc5c5c(-c6ccccc6)cccc45)n3)c2)cc1. The molecule has 8 aromatic carbocycles. The van der Waals surface area contributed by atoms with Crippen LogP contribution in [-0.2, 0) is 0 Å². The van der Waals surface area contributed by atoms with E-state index in [1.54, 1.807) is 0 Å². The molecule has 0 aliphatic heterocycles. The smallest absolute Gasteiger partial charge is 0.164 e. The van der Waals surface area contributed by atoms with E-state index in [0.29, 0.717) is 17.5 Å². The van der Waals surface area contributed by atoms with Crippen LogP contribution in [0.25, 0.3) is 99.9 Å². The van der Waals surface area contributed by atoms with Gasteiger partial charge >= 0.3 is 0 Å². The summed E-state index contributed by atoms with van der Waals surface area (Å²) in [6.45, 7) is 0. The molecule has 0 radical (unpaired) electrons. The van der Waals surface area contributed by atoms with E-state index in [0.717, 1.165) is 77.0 Å². The van der Waals surface area contributed by atoms with E-state index in [2.05, 4.69) is 152 Å². The zero-order valence-corrected chi connectivity index (χ0v) is 27.5. The van der Waals surface area contributed by atoms with Crippen molar-refractivity contribution in [3.8, 4) is 56.4 Å². The highest BCUT2D eigenvalue weighted by molar-refractivity contribution is 6.22. The molecule has 10 rings (SSSR count). The number of hydrogen-bond donors (Lipinski definition) is 0. The highest BCUT2D eigenvalue weighted by Gasteiger charge is 2.21. The lowest BCUT2D eigenvalue weighted by Crippen LogP contribution is -2.01. The number of furan rings is 1. The second-order valence-electron chi connectivity index (χ2n) is 12.8. The Balaban J connectivity index is 1.28. The molecule has 238 valence electrons. The number of aromatic nitrogens is 3. The van der Waals surface area contributed by atoms with Gasteiger partial charge in [-0.2, -0.15) is 0 Å². The fourth-order valence-electron chi connectivity index (χ4n) is 7.23. The fourth-order valence-corrected chi connectivity index (χ4v) is 7.23. The number of hydrogen-bond acceptors (Lipinski definition) is 4. The van der Waals surface area contributed by atoms with Gasteiger partial charge in [0.2, 0.25) is 0 Å². The predicted octanol–water partition coefficient (Wildman–Crippen LogP) is 12.4.